The summed E-state index contributed by atoms with van der Waals surface area (Å²) in [6, 6.07) is 0. The average molecular weight is 114 g/mol. The van der Waals surface area contributed by atoms with Crippen LogP contribution in [0.3, 0.4) is 0 Å². The Morgan fingerprint density at radius 3 is 1.38 bits per heavy atom. The van der Waals surface area contributed by atoms with E-state index in [9.17, 15) is 0 Å². The summed E-state index contributed by atoms with van der Waals surface area (Å²) in [5, 5.41) is 7.33. The van der Waals surface area contributed by atoms with Crippen LogP contribution in [0.5, 0.6) is 0 Å². The number of aliphatic hydroxyl groups is 1. The summed E-state index contributed by atoms with van der Waals surface area (Å²) < 4.78 is 4.36. The van der Waals surface area contributed by atoms with E-state index in [1.807, 2.05) is 0 Å². The lowest BCUT2D eigenvalue weighted by Gasteiger charge is -1.76. The van der Waals surface area contributed by atoms with Gasteiger partial charge in [-0.3, -0.25) is 0 Å². The molecule has 0 heterocycles. The highest BCUT2D eigenvalue weighted by atomic mass is 16.5. The Labute approximate surface area is 49.4 Å². The Bertz CT molecular complexity index is 60.9. The fourth-order valence-corrected chi connectivity index (χ4v) is 0.0680. The second kappa shape index (κ2) is 17.0. The minimum atomic E-state index is 0.750. The van der Waals surface area contributed by atoms with E-state index in [1.165, 1.54) is 12.5 Å². The molecule has 0 aromatic carbocycles. The highest BCUT2D eigenvalue weighted by molar-refractivity contribution is 4.57. The van der Waals surface area contributed by atoms with Gasteiger partial charge in [0.25, 0.3) is 0 Å². The van der Waals surface area contributed by atoms with Crippen LogP contribution in [0.2, 0.25) is 0 Å². The maximum Gasteiger partial charge on any atom is 0.0829 e. The van der Waals surface area contributed by atoms with Gasteiger partial charge in [-0.15, -0.1) is 0 Å². The van der Waals surface area contributed by atoms with Crippen molar-refractivity contribution in [1.29, 1.82) is 0 Å². The highest BCUT2D eigenvalue weighted by Crippen LogP contribution is 1.65. The molecular weight excluding hydrogens is 104 g/mol. The standard InChI is InChI=1S/C4H6O.C2H4O/c1-3-5-4-2;1-2-3/h3-4H,1-2H2;2-3H,1H2. The first-order valence-corrected chi connectivity index (χ1v) is 1.95. The van der Waals surface area contributed by atoms with E-state index in [1.54, 1.807) is 0 Å². The van der Waals surface area contributed by atoms with E-state index >= 15 is 0 Å². The first-order chi connectivity index (χ1) is 3.83. The number of hydrogen-bond acceptors (Lipinski definition) is 2. The summed E-state index contributed by atoms with van der Waals surface area (Å²) >= 11 is 0. The van der Waals surface area contributed by atoms with Crippen LogP contribution in [-0.2, 0) is 4.74 Å². The minimum absolute atomic E-state index is 0.750. The van der Waals surface area contributed by atoms with Crippen LogP contribution in [-0.4, -0.2) is 5.11 Å². The number of rotatable bonds is 2. The quantitative estimate of drug-likeness (QED) is 0.556. The van der Waals surface area contributed by atoms with Crippen molar-refractivity contribution in [3.8, 4) is 0 Å². The molecule has 0 saturated carbocycles. The van der Waals surface area contributed by atoms with Crippen LogP contribution in [0.25, 0.3) is 0 Å². The van der Waals surface area contributed by atoms with Crippen molar-refractivity contribution in [3.63, 3.8) is 0 Å². The molecule has 1 N–H and O–H groups in total. The maximum atomic E-state index is 7.33. The summed E-state index contributed by atoms with van der Waals surface area (Å²) in [6.07, 6.45) is 3.38. The van der Waals surface area contributed by atoms with Gasteiger partial charge in [0.15, 0.2) is 0 Å². The zero-order valence-electron chi connectivity index (χ0n) is 4.71. The lowest BCUT2D eigenvalue weighted by molar-refractivity contribution is 0.406. The fourth-order valence-electron chi connectivity index (χ4n) is 0.0680. The first-order valence-electron chi connectivity index (χ1n) is 1.95. The van der Waals surface area contributed by atoms with Crippen molar-refractivity contribution in [2.24, 2.45) is 0 Å². The molecule has 8 heavy (non-hydrogen) atoms. The van der Waals surface area contributed by atoms with Crippen LogP contribution in [0, 0.1) is 0 Å². The van der Waals surface area contributed by atoms with E-state index in [-0.39, 0.29) is 0 Å². The molecule has 0 aliphatic heterocycles. The number of hydrogen-bond donors (Lipinski definition) is 1. The van der Waals surface area contributed by atoms with Crippen molar-refractivity contribution < 1.29 is 9.84 Å². The molecule has 0 radical (unpaired) electrons. The summed E-state index contributed by atoms with van der Waals surface area (Å²) in [5.74, 6) is 0. The summed E-state index contributed by atoms with van der Waals surface area (Å²) in [5.41, 5.74) is 0. The van der Waals surface area contributed by atoms with E-state index in [0.717, 1.165) is 6.26 Å². The average Bonchev–Trinajstić information content (AvgIpc) is 1.71. The largest absolute Gasteiger partial charge is 0.516 e. The third-order valence-electron chi connectivity index (χ3n) is 0.192. The molecular formula is C6H10O2. The molecule has 0 amide bonds. The normalized spacial score (nSPS) is 5.00. The van der Waals surface area contributed by atoms with Crippen molar-refractivity contribution in [2.75, 3.05) is 0 Å². The van der Waals surface area contributed by atoms with Gasteiger partial charge in [0, 0.05) is 0 Å². The Kier molecular flexibility index (Phi) is 21.1. The predicted octanol–water partition coefficient (Wildman–Crippen LogP) is 1.98. The summed E-state index contributed by atoms with van der Waals surface area (Å²) in [7, 11) is 0. The number of ether oxygens (including phenoxy) is 1. The van der Waals surface area contributed by atoms with Gasteiger partial charge in [-0.25, -0.2) is 0 Å². The second-order valence-corrected chi connectivity index (χ2v) is 0.652. The Hall–Kier alpha value is -1.18. The van der Waals surface area contributed by atoms with E-state index in [0.29, 0.717) is 0 Å². The molecule has 0 saturated heterocycles. The van der Waals surface area contributed by atoms with Gasteiger partial charge in [-0.2, -0.15) is 0 Å². The molecule has 2 nitrogen and oxygen atoms in total. The van der Waals surface area contributed by atoms with Gasteiger partial charge in [-0.05, 0) is 0 Å². The van der Waals surface area contributed by atoms with Gasteiger partial charge in [-0.1, -0.05) is 19.7 Å². The third kappa shape index (κ3) is 105. The molecule has 0 aromatic heterocycles. The van der Waals surface area contributed by atoms with Crippen molar-refractivity contribution in [2.45, 2.75) is 0 Å². The Morgan fingerprint density at radius 2 is 1.38 bits per heavy atom. The SMILES string of the molecule is C=CO.C=COC=C. The topological polar surface area (TPSA) is 29.5 Å². The van der Waals surface area contributed by atoms with Crippen LogP contribution >= 0.6 is 0 Å². The lowest BCUT2D eigenvalue weighted by atomic mass is 11.1. The van der Waals surface area contributed by atoms with Crippen LogP contribution in [0.1, 0.15) is 0 Å². The molecule has 0 spiro atoms. The zero-order chi connectivity index (χ0) is 6.83. The van der Waals surface area contributed by atoms with Crippen LogP contribution in [0.15, 0.2) is 38.5 Å². The molecule has 0 unspecified atom stereocenters. The smallest absolute Gasteiger partial charge is 0.0829 e. The highest BCUT2D eigenvalue weighted by Gasteiger charge is 1.45. The van der Waals surface area contributed by atoms with Gasteiger partial charge in [0.05, 0.1) is 18.8 Å². The monoisotopic (exact) mass is 114 g/mol. The molecule has 46 valence electrons. The fraction of sp³-hybridized carbons (Fsp3) is 0. The van der Waals surface area contributed by atoms with Crippen LogP contribution < -0.4 is 0 Å². The maximum absolute atomic E-state index is 7.33. The second-order valence-electron chi connectivity index (χ2n) is 0.652. The molecule has 0 atom stereocenters. The predicted molar refractivity (Wildman–Crippen MR) is 34.3 cm³/mol. The van der Waals surface area contributed by atoms with Gasteiger partial charge in [0.1, 0.15) is 0 Å². The third-order valence-corrected chi connectivity index (χ3v) is 0.192. The Morgan fingerprint density at radius 1 is 1.12 bits per heavy atom. The summed E-state index contributed by atoms with van der Waals surface area (Å²) in [6.45, 7) is 9.43. The van der Waals surface area contributed by atoms with Crippen molar-refractivity contribution in [1.82, 2.24) is 0 Å². The molecule has 0 aliphatic rings. The van der Waals surface area contributed by atoms with E-state index < -0.39 is 0 Å². The molecule has 0 aliphatic carbocycles. The van der Waals surface area contributed by atoms with E-state index in [4.69, 9.17) is 5.11 Å². The van der Waals surface area contributed by atoms with Crippen molar-refractivity contribution >= 4 is 0 Å². The number of aliphatic hydroxyl groups excluding tert-OH is 1. The summed E-state index contributed by atoms with van der Waals surface area (Å²) in [4.78, 5) is 0. The molecule has 2 heteroatoms. The Balaban J connectivity index is 0. The first kappa shape index (κ1) is 9.94. The van der Waals surface area contributed by atoms with Gasteiger partial charge in [0.2, 0.25) is 0 Å². The lowest BCUT2D eigenvalue weighted by Crippen LogP contribution is -1.52. The molecule has 0 fully saturated rings. The van der Waals surface area contributed by atoms with Crippen LogP contribution in [0.4, 0.5) is 0 Å². The van der Waals surface area contributed by atoms with Crippen molar-refractivity contribution in [3.05, 3.63) is 38.5 Å². The zero-order valence-corrected chi connectivity index (χ0v) is 4.71. The molecule has 0 aromatic rings. The van der Waals surface area contributed by atoms with E-state index in [2.05, 4.69) is 24.5 Å². The van der Waals surface area contributed by atoms with Gasteiger partial charge >= 0.3 is 0 Å². The molecule has 0 bridgehead atoms. The molecule has 0 rings (SSSR count). The van der Waals surface area contributed by atoms with Gasteiger partial charge < -0.3 is 9.84 Å². The minimum Gasteiger partial charge on any atom is -0.516 e.